The molecule has 0 bridgehead atoms. The molecule has 7 heteroatoms. The molecule has 0 atom stereocenters. The maximum absolute atomic E-state index is 12.1. The molecule has 0 saturated heterocycles. The zero-order chi connectivity index (χ0) is 17.2. The molecule has 0 radical (unpaired) electrons. The van der Waals surface area contributed by atoms with E-state index in [2.05, 4.69) is 15.9 Å². The van der Waals surface area contributed by atoms with Crippen molar-refractivity contribution in [2.75, 3.05) is 11.7 Å². The van der Waals surface area contributed by atoms with Crippen molar-refractivity contribution in [3.05, 3.63) is 34.3 Å². The zero-order valence-corrected chi connectivity index (χ0v) is 17.0. The summed E-state index contributed by atoms with van der Waals surface area (Å²) in [6.45, 7) is 10.1. The second-order valence-electron chi connectivity index (χ2n) is 6.84. The third-order valence-electron chi connectivity index (χ3n) is 3.92. The van der Waals surface area contributed by atoms with Crippen LogP contribution < -0.4 is 0 Å². The van der Waals surface area contributed by atoms with Crippen LogP contribution in [0.4, 0.5) is 0 Å². The zero-order valence-electron chi connectivity index (χ0n) is 13.6. The molecule has 0 aliphatic carbocycles. The van der Waals surface area contributed by atoms with E-state index >= 15 is 0 Å². The van der Waals surface area contributed by atoms with Crippen LogP contribution in [0.15, 0.2) is 28.7 Å². The summed E-state index contributed by atoms with van der Waals surface area (Å²) in [7, 11) is -5.73. The number of halogens is 1. The molecule has 0 fully saturated rings. The second kappa shape index (κ2) is 6.94. The SMILES string of the molecule is CC(C)(C)[Si](C)(C)OCS(=O)(=O)CC(=O)c1ccc(Br)cc1. The molecule has 1 aromatic carbocycles. The molecule has 0 unspecified atom stereocenters. The minimum atomic E-state index is -3.58. The molecule has 0 N–H and O–H groups in total. The molecule has 22 heavy (non-hydrogen) atoms. The van der Waals surface area contributed by atoms with Crippen molar-refractivity contribution in [1.29, 1.82) is 0 Å². The van der Waals surface area contributed by atoms with E-state index in [1.54, 1.807) is 24.3 Å². The van der Waals surface area contributed by atoms with Crippen LogP contribution in [0, 0.1) is 0 Å². The number of carbonyl (C=O) groups excluding carboxylic acids is 1. The van der Waals surface area contributed by atoms with Crippen molar-refractivity contribution in [2.45, 2.75) is 38.9 Å². The summed E-state index contributed by atoms with van der Waals surface area (Å²) in [6.07, 6.45) is 0. The van der Waals surface area contributed by atoms with Crippen LogP contribution in [0.3, 0.4) is 0 Å². The molecule has 0 heterocycles. The highest BCUT2D eigenvalue weighted by Gasteiger charge is 2.38. The molecule has 1 rings (SSSR count). The minimum absolute atomic E-state index is 0.0712. The topological polar surface area (TPSA) is 60.4 Å². The quantitative estimate of drug-likeness (QED) is 0.528. The average molecular weight is 407 g/mol. The van der Waals surface area contributed by atoms with E-state index < -0.39 is 35.6 Å². The number of sulfone groups is 1. The summed E-state index contributed by atoms with van der Waals surface area (Å²) < 4.78 is 30.8. The molecular weight excluding hydrogens is 384 g/mol. The Kier molecular flexibility index (Phi) is 6.17. The lowest BCUT2D eigenvalue weighted by atomic mass is 10.2. The molecule has 0 aliphatic rings. The highest BCUT2D eigenvalue weighted by molar-refractivity contribution is 9.10. The van der Waals surface area contributed by atoms with Gasteiger partial charge in [0.25, 0.3) is 0 Å². The van der Waals surface area contributed by atoms with Crippen LogP contribution in [0.2, 0.25) is 18.1 Å². The van der Waals surface area contributed by atoms with Gasteiger partial charge in [0.15, 0.2) is 23.9 Å². The molecule has 4 nitrogen and oxygen atoms in total. The Morgan fingerprint density at radius 2 is 1.68 bits per heavy atom. The van der Waals surface area contributed by atoms with E-state index in [1.807, 2.05) is 33.9 Å². The fraction of sp³-hybridized carbons (Fsp3) is 0.533. The molecular formula is C15H23BrO4SSi. The first-order valence-corrected chi connectivity index (χ1v) is 12.5. The van der Waals surface area contributed by atoms with Gasteiger partial charge >= 0.3 is 0 Å². The van der Waals surface area contributed by atoms with Gasteiger partial charge in [-0.2, -0.15) is 0 Å². The van der Waals surface area contributed by atoms with Crippen LogP contribution in [0.5, 0.6) is 0 Å². The van der Waals surface area contributed by atoms with Crippen LogP contribution in [0.1, 0.15) is 31.1 Å². The van der Waals surface area contributed by atoms with Crippen LogP contribution in [-0.4, -0.2) is 34.2 Å². The van der Waals surface area contributed by atoms with Gasteiger partial charge in [0.2, 0.25) is 0 Å². The van der Waals surface area contributed by atoms with Gasteiger partial charge in [-0.3, -0.25) is 4.79 Å². The summed E-state index contributed by atoms with van der Waals surface area (Å²) in [6, 6.07) is 6.64. The summed E-state index contributed by atoms with van der Waals surface area (Å²) in [5.74, 6) is -1.33. The summed E-state index contributed by atoms with van der Waals surface area (Å²) >= 11 is 3.28. The Morgan fingerprint density at radius 1 is 1.18 bits per heavy atom. The van der Waals surface area contributed by atoms with Crippen molar-refractivity contribution >= 4 is 39.9 Å². The van der Waals surface area contributed by atoms with Crippen molar-refractivity contribution in [3.8, 4) is 0 Å². The number of ketones is 1. The summed E-state index contributed by atoms with van der Waals surface area (Å²) in [4.78, 5) is 12.1. The van der Waals surface area contributed by atoms with Gasteiger partial charge in [-0.1, -0.05) is 48.8 Å². The number of carbonyl (C=O) groups is 1. The molecule has 0 aromatic heterocycles. The van der Waals surface area contributed by atoms with Gasteiger partial charge in [0.1, 0.15) is 11.7 Å². The number of hydrogen-bond acceptors (Lipinski definition) is 4. The molecule has 0 saturated carbocycles. The predicted octanol–water partition coefficient (Wildman–Crippen LogP) is 4.03. The second-order valence-corrected chi connectivity index (χ2v) is 14.6. The Labute approximate surface area is 142 Å². The van der Waals surface area contributed by atoms with E-state index in [0.717, 1.165) is 4.47 Å². The molecule has 0 spiro atoms. The van der Waals surface area contributed by atoms with E-state index in [0.29, 0.717) is 5.56 Å². The average Bonchev–Trinajstić information content (AvgIpc) is 2.35. The monoisotopic (exact) mass is 406 g/mol. The Balaban J connectivity index is 2.72. The lowest BCUT2D eigenvalue weighted by molar-refractivity contribution is 0.102. The lowest BCUT2D eigenvalue weighted by Gasteiger charge is -2.35. The fourth-order valence-corrected chi connectivity index (χ4v) is 4.66. The normalized spacial score (nSPS) is 13.2. The Hall–Kier alpha value is -0.503. The number of benzene rings is 1. The summed E-state index contributed by atoms with van der Waals surface area (Å²) in [5, 5.41) is -0.0712. The Bertz CT molecular complexity index is 631. The maximum atomic E-state index is 12.1. The van der Waals surface area contributed by atoms with Gasteiger partial charge in [0.05, 0.1) is 0 Å². The third-order valence-corrected chi connectivity index (χ3v) is 10.3. The third kappa shape index (κ3) is 5.61. The number of rotatable bonds is 6. The van der Waals surface area contributed by atoms with Gasteiger partial charge in [-0.25, -0.2) is 8.42 Å². The van der Waals surface area contributed by atoms with E-state index in [9.17, 15) is 13.2 Å². The molecule has 124 valence electrons. The first-order valence-electron chi connectivity index (χ1n) is 6.97. The maximum Gasteiger partial charge on any atom is 0.193 e. The highest BCUT2D eigenvalue weighted by atomic mass is 79.9. The predicted molar refractivity (Wildman–Crippen MR) is 95.4 cm³/mol. The van der Waals surface area contributed by atoms with Gasteiger partial charge < -0.3 is 4.43 Å². The molecule has 0 aliphatic heterocycles. The molecule has 0 amide bonds. The fourth-order valence-electron chi connectivity index (χ4n) is 1.41. The van der Waals surface area contributed by atoms with Gasteiger partial charge in [-0.15, -0.1) is 0 Å². The Morgan fingerprint density at radius 3 is 2.14 bits per heavy atom. The first-order chi connectivity index (χ1) is 9.84. The number of hydrogen-bond donors (Lipinski definition) is 0. The highest BCUT2D eigenvalue weighted by Crippen LogP contribution is 2.36. The van der Waals surface area contributed by atoms with Gasteiger partial charge in [-0.05, 0) is 30.3 Å². The van der Waals surface area contributed by atoms with Crippen molar-refractivity contribution in [3.63, 3.8) is 0 Å². The standard InChI is InChI=1S/C15H23BrO4SSi/c1-15(2,3)22(4,5)20-11-21(18,19)10-14(17)12-6-8-13(16)9-7-12/h6-9H,10-11H2,1-5H3. The number of Topliss-reactive ketones (excluding diaryl/α,β-unsaturated/α-hetero) is 1. The van der Waals surface area contributed by atoms with Crippen molar-refractivity contribution in [1.82, 2.24) is 0 Å². The van der Waals surface area contributed by atoms with E-state index in [4.69, 9.17) is 4.43 Å². The van der Waals surface area contributed by atoms with Crippen LogP contribution in [0.25, 0.3) is 0 Å². The van der Waals surface area contributed by atoms with Crippen LogP contribution in [-0.2, 0) is 14.3 Å². The van der Waals surface area contributed by atoms with Crippen molar-refractivity contribution in [2.24, 2.45) is 0 Å². The van der Waals surface area contributed by atoms with Crippen molar-refractivity contribution < 1.29 is 17.6 Å². The van der Waals surface area contributed by atoms with Crippen LogP contribution >= 0.6 is 15.9 Å². The first kappa shape index (κ1) is 19.5. The summed E-state index contributed by atoms with van der Waals surface area (Å²) in [5.41, 5.74) is 0.388. The molecule has 1 aromatic rings. The van der Waals surface area contributed by atoms with E-state index in [-0.39, 0.29) is 5.04 Å². The lowest BCUT2D eigenvalue weighted by Crippen LogP contribution is -2.42. The van der Waals surface area contributed by atoms with Gasteiger partial charge in [0, 0.05) is 10.0 Å². The largest absolute Gasteiger partial charge is 0.403 e. The minimum Gasteiger partial charge on any atom is -0.403 e. The smallest absolute Gasteiger partial charge is 0.193 e. The van der Waals surface area contributed by atoms with E-state index in [1.165, 1.54) is 0 Å².